The molecule has 164 valence electrons. The number of pyridine rings is 1. The maximum atomic E-state index is 11.8. The third-order valence-electron chi connectivity index (χ3n) is 4.77. The molecule has 1 heterocycles. The van der Waals surface area contributed by atoms with Crippen LogP contribution in [0.5, 0.6) is 0 Å². The highest BCUT2D eigenvalue weighted by molar-refractivity contribution is 6.29. The van der Waals surface area contributed by atoms with Crippen LogP contribution in [0, 0.1) is 5.92 Å². The first-order valence-corrected chi connectivity index (χ1v) is 11.0. The summed E-state index contributed by atoms with van der Waals surface area (Å²) in [5.41, 5.74) is 0.868. The molecule has 1 aliphatic rings. The second-order valence-corrected chi connectivity index (χ2v) is 7.79. The molecule has 1 fully saturated rings. The van der Waals surface area contributed by atoms with Gasteiger partial charge in [0.15, 0.2) is 0 Å². The second kappa shape index (κ2) is 15.1. The van der Waals surface area contributed by atoms with Crippen LogP contribution in [0.3, 0.4) is 0 Å². The highest BCUT2D eigenvalue weighted by Gasteiger charge is 2.24. The Bertz CT molecular complexity index is 600. The standard InChI is InChI=1S/C16H21ClN2O4.C6H14/c1-11(20)22-10-12-2-4-14(5-3-12)23-16(21)19-9-13-6-7-18-15(17)8-13;1-3-5-6-4-2/h6-8,12,14H,2-5,9-10H2,1H3,(H,19,21);3-6H2,1-2H3. The summed E-state index contributed by atoms with van der Waals surface area (Å²) < 4.78 is 10.4. The van der Waals surface area contributed by atoms with Gasteiger partial charge in [-0.2, -0.15) is 0 Å². The number of ether oxygens (including phenoxy) is 2. The van der Waals surface area contributed by atoms with Gasteiger partial charge in [-0.3, -0.25) is 4.79 Å². The fraction of sp³-hybridized carbons (Fsp3) is 0.682. The molecule has 1 aromatic rings. The topological polar surface area (TPSA) is 77.5 Å². The van der Waals surface area contributed by atoms with E-state index >= 15 is 0 Å². The highest BCUT2D eigenvalue weighted by Crippen LogP contribution is 2.26. The van der Waals surface area contributed by atoms with Crippen LogP contribution in [0.15, 0.2) is 18.3 Å². The minimum Gasteiger partial charge on any atom is -0.466 e. The summed E-state index contributed by atoms with van der Waals surface area (Å²) >= 11 is 5.79. The zero-order valence-electron chi connectivity index (χ0n) is 17.9. The largest absolute Gasteiger partial charge is 0.466 e. The lowest BCUT2D eigenvalue weighted by molar-refractivity contribution is -0.142. The fourth-order valence-electron chi connectivity index (χ4n) is 3.07. The van der Waals surface area contributed by atoms with Crippen molar-refractivity contribution in [1.82, 2.24) is 10.3 Å². The Morgan fingerprint density at radius 2 is 1.83 bits per heavy atom. The first-order chi connectivity index (χ1) is 13.9. The number of carbonyl (C=O) groups excluding carboxylic acids is 2. The Hall–Kier alpha value is -1.82. The Morgan fingerprint density at radius 3 is 2.38 bits per heavy atom. The SMILES string of the molecule is CC(=O)OCC1CCC(OC(=O)NCc2ccnc(Cl)c2)CC1.CCCCCC. The van der Waals surface area contributed by atoms with Gasteiger partial charge < -0.3 is 14.8 Å². The molecule has 2 rings (SSSR count). The first kappa shape index (κ1) is 25.2. The average Bonchev–Trinajstić information content (AvgIpc) is 2.71. The lowest BCUT2D eigenvalue weighted by atomic mass is 9.88. The van der Waals surface area contributed by atoms with Crippen molar-refractivity contribution in [2.24, 2.45) is 5.92 Å². The molecule has 0 aliphatic heterocycles. The van der Waals surface area contributed by atoms with Crippen LogP contribution in [0.1, 0.15) is 77.7 Å². The van der Waals surface area contributed by atoms with E-state index in [1.54, 1.807) is 18.3 Å². The van der Waals surface area contributed by atoms with E-state index in [1.807, 2.05) is 0 Å². The van der Waals surface area contributed by atoms with Crippen molar-refractivity contribution in [1.29, 1.82) is 0 Å². The predicted octanol–water partition coefficient (Wildman–Crippen LogP) is 5.67. The van der Waals surface area contributed by atoms with Crippen LogP contribution in [0.2, 0.25) is 5.15 Å². The van der Waals surface area contributed by atoms with E-state index < -0.39 is 6.09 Å². The van der Waals surface area contributed by atoms with Gasteiger partial charge in [0.2, 0.25) is 0 Å². The summed E-state index contributed by atoms with van der Waals surface area (Å²) in [7, 11) is 0. The maximum absolute atomic E-state index is 11.8. The second-order valence-electron chi connectivity index (χ2n) is 7.40. The molecule has 6 nitrogen and oxygen atoms in total. The fourth-order valence-corrected chi connectivity index (χ4v) is 3.27. The van der Waals surface area contributed by atoms with Crippen LogP contribution in [0.25, 0.3) is 0 Å². The summed E-state index contributed by atoms with van der Waals surface area (Å²) in [5, 5.41) is 3.10. The Kier molecular flexibility index (Phi) is 13.1. The zero-order valence-corrected chi connectivity index (χ0v) is 18.7. The van der Waals surface area contributed by atoms with Crippen LogP contribution in [0.4, 0.5) is 4.79 Å². The number of alkyl carbamates (subject to hydrolysis) is 1. The predicted molar refractivity (Wildman–Crippen MR) is 115 cm³/mol. The van der Waals surface area contributed by atoms with Gasteiger partial charge in [0.25, 0.3) is 0 Å². The van der Waals surface area contributed by atoms with Gasteiger partial charge in [0, 0.05) is 19.7 Å². The number of halogens is 1. The average molecular weight is 427 g/mol. The van der Waals surface area contributed by atoms with Gasteiger partial charge in [-0.25, -0.2) is 9.78 Å². The molecule has 1 saturated carbocycles. The summed E-state index contributed by atoms with van der Waals surface area (Å²) in [6.45, 7) is 6.68. The molecule has 1 N–H and O–H groups in total. The van der Waals surface area contributed by atoms with Gasteiger partial charge >= 0.3 is 12.1 Å². The lowest BCUT2D eigenvalue weighted by Crippen LogP contribution is -2.31. The molecule has 0 atom stereocenters. The smallest absolute Gasteiger partial charge is 0.407 e. The molecular formula is C22H35ClN2O4. The minimum absolute atomic E-state index is 0.0791. The van der Waals surface area contributed by atoms with Crippen molar-refractivity contribution >= 4 is 23.7 Å². The summed E-state index contributed by atoms with van der Waals surface area (Å²) in [5.74, 6) is 0.111. The van der Waals surface area contributed by atoms with Crippen molar-refractivity contribution in [3.8, 4) is 0 Å². The number of carbonyl (C=O) groups is 2. The van der Waals surface area contributed by atoms with Crippen molar-refractivity contribution < 1.29 is 19.1 Å². The quantitative estimate of drug-likeness (QED) is 0.329. The summed E-state index contributed by atoms with van der Waals surface area (Å²) in [4.78, 5) is 26.5. The normalized spacial score (nSPS) is 18.2. The van der Waals surface area contributed by atoms with Gasteiger partial charge in [0.1, 0.15) is 11.3 Å². The van der Waals surface area contributed by atoms with E-state index in [0.29, 0.717) is 24.2 Å². The molecule has 0 spiro atoms. The number of nitrogens with zero attached hydrogens (tertiary/aromatic N) is 1. The number of rotatable bonds is 8. The summed E-state index contributed by atoms with van der Waals surface area (Å²) in [6.07, 6.45) is 9.99. The number of esters is 1. The molecule has 0 aromatic carbocycles. The molecule has 1 amide bonds. The van der Waals surface area contributed by atoms with Gasteiger partial charge in [0.05, 0.1) is 6.61 Å². The molecule has 0 unspecified atom stereocenters. The molecule has 29 heavy (non-hydrogen) atoms. The van der Waals surface area contributed by atoms with E-state index in [2.05, 4.69) is 24.1 Å². The third-order valence-corrected chi connectivity index (χ3v) is 4.98. The van der Waals surface area contributed by atoms with E-state index in [1.165, 1.54) is 32.6 Å². The third kappa shape index (κ3) is 12.4. The molecule has 7 heteroatoms. The molecule has 1 aliphatic carbocycles. The van der Waals surface area contributed by atoms with Gasteiger partial charge in [-0.1, -0.05) is 51.1 Å². The number of hydrogen-bond acceptors (Lipinski definition) is 5. The van der Waals surface area contributed by atoms with Crippen molar-refractivity contribution in [3.05, 3.63) is 29.0 Å². The maximum Gasteiger partial charge on any atom is 0.407 e. The van der Waals surface area contributed by atoms with Crippen LogP contribution >= 0.6 is 11.6 Å². The minimum atomic E-state index is -0.429. The van der Waals surface area contributed by atoms with Crippen molar-refractivity contribution in [3.63, 3.8) is 0 Å². The van der Waals surface area contributed by atoms with E-state index in [4.69, 9.17) is 21.1 Å². The summed E-state index contributed by atoms with van der Waals surface area (Å²) in [6, 6.07) is 3.48. The Morgan fingerprint density at radius 1 is 1.17 bits per heavy atom. The molecule has 0 radical (unpaired) electrons. The number of nitrogens with one attached hydrogen (secondary N) is 1. The van der Waals surface area contributed by atoms with Gasteiger partial charge in [-0.15, -0.1) is 0 Å². The molecular weight excluding hydrogens is 392 g/mol. The van der Waals surface area contributed by atoms with Crippen molar-refractivity contribution in [2.45, 2.75) is 84.8 Å². The highest BCUT2D eigenvalue weighted by atomic mass is 35.5. The molecule has 1 aromatic heterocycles. The van der Waals surface area contributed by atoms with E-state index in [-0.39, 0.29) is 12.1 Å². The monoisotopic (exact) mass is 426 g/mol. The van der Waals surface area contributed by atoms with Crippen molar-refractivity contribution in [2.75, 3.05) is 6.61 Å². The number of aromatic nitrogens is 1. The first-order valence-electron chi connectivity index (χ1n) is 10.6. The molecule has 0 bridgehead atoms. The van der Waals surface area contributed by atoms with E-state index in [0.717, 1.165) is 31.2 Å². The van der Waals surface area contributed by atoms with E-state index in [9.17, 15) is 9.59 Å². The van der Waals surface area contributed by atoms with Crippen LogP contribution in [-0.2, 0) is 20.8 Å². The molecule has 0 saturated heterocycles. The Balaban J connectivity index is 0.000000612. The number of amides is 1. The number of unbranched alkanes of at least 4 members (excludes halogenated alkanes) is 3. The van der Waals surface area contributed by atoms with Crippen LogP contribution in [-0.4, -0.2) is 29.8 Å². The van der Waals surface area contributed by atoms with Crippen LogP contribution < -0.4 is 5.32 Å². The zero-order chi connectivity index (χ0) is 21.5. The number of hydrogen-bond donors (Lipinski definition) is 1. The van der Waals surface area contributed by atoms with Gasteiger partial charge in [-0.05, 0) is 49.3 Å². The Labute approximate surface area is 179 Å². The lowest BCUT2D eigenvalue weighted by Gasteiger charge is -2.27.